The Bertz CT molecular complexity index is 688. The zero-order valence-electron chi connectivity index (χ0n) is 10.6. The summed E-state index contributed by atoms with van der Waals surface area (Å²) in [5.74, 6) is 0.201. The lowest BCUT2D eigenvalue weighted by molar-refractivity contribution is 0.354. The highest BCUT2D eigenvalue weighted by Gasteiger charge is 2.16. The van der Waals surface area contributed by atoms with E-state index in [1.54, 1.807) is 12.1 Å². The number of hydrogen-bond donors (Lipinski definition) is 0. The zero-order valence-corrected chi connectivity index (χ0v) is 12.3. The fraction of sp³-hybridized carbons (Fsp3) is 0.364. The smallest absolute Gasteiger partial charge is 0.270 e. The highest BCUT2D eigenvalue weighted by Crippen LogP contribution is 2.11. The normalized spacial score (nSPS) is 16.6. The van der Waals surface area contributed by atoms with E-state index in [1.807, 2.05) is 6.92 Å². The van der Waals surface area contributed by atoms with Gasteiger partial charge in [0.2, 0.25) is 0 Å². The van der Waals surface area contributed by atoms with Crippen molar-refractivity contribution in [1.29, 1.82) is 0 Å². The van der Waals surface area contributed by atoms with Gasteiger partial charge in [-0.15, -0.1) is 0 Å². The molecule has 20 heavy (non-hydrogen) atoms. The minimum atomic E-state index is -3.83. The van der Waals surface area contributed by atoms with E-state index in [1.165, 1.54) is 12.1 Å². The van der Waals surface area contributed by atoms with Crippen molar-refractivity contribution < 1.29 is 25.8 Å². The number of hydrogen-bond acceptors (Lipinski definition) is 6. The molecule has 0 radical (unpaired) electrons. The predicted molar refractivity (Wildman–Crippen MR) is 70.8 cm³/mol. The molecule has 1 fully saturated rings. The van der Waals surface area contributed by atoms with Crippen molar-refractivity contribution in [3.8, 4) is 0 Å². The van der Waals surface area contributed by atoms with Crippen LogP contribution in [0.4, 0.5) is 0 Å². The Kier molecular flexibility index (Phi) is 5.58. The van der Waals surface area contributed by atoms with Crippen LogP contribution in [0.15, 0.2) is 33.6 Å². The number of benzene rings is 1. The molecule has 0 unspecified atom stereocenters. The SMILES string of the molecule is Cc1ccc(S(=O)(=O)N=C=O)cc1.O=S1(=O)CCCO1. The van der Waals surface area contributed by atoms with Gasteiger partial charge in [-0.1, -0.05) is 22.1 Å². The number of carbonyl (C=O) groups excluding carboxylic acids is 1. The first-order valence-corrected chi connectivity index (χ1v) is 8.56. The maximum atomic E-state index is 11.1. The van der Waals surface area contributed by atoms with E-state index in [0.29, 0.717) is 13.0 Å². The topological polar surface area (TPSA) is 107 Å². The Hall–Kier alpha value is -1.54. The molecule has 0 amide bonds. The Morgan fingerprint density at radius 2 is 1.85 bits per heavy atom. The molecule has 0 aromatic heterocycles. The average molecular weight is 319 g/mol. The summed E-state index contributed by atoms with van der Waals surface area (Å²) in [6, 6.07) is 6.05. The standard InChI is InChI=1S/C8H7NO3S.C3H6O3S/c1-7-2-4-8(5-3-7)13(11,12)9-6-10;4-7(5)3-1-2-6-7/h2-5H,1H3;1-3H2. The van der Waals surface area contributed by atoms with E-state index < -0.39 is 20.1 Å². The van der Waals surface area contributed by atoms with Crippen molar-refractivity contribution in [2.75, 3.05) is 12.4 Å². The first kappa shape index (κ1) is 16.5. The molecule has 1 aromatic rings. The predicted octanol–water partition coefficient (Wildman–Crippen LogP) is 0.756. The number of aryl methyl sites for hydroxylation is 1. The summed E-state index contributed by atoms with van der Waals surface area (Å²) < 4.78 is 49.7. The molecule has 0 N–H and O–H groups in total. The van der Waals surface area contributed by atoms with Crippen LogP contribution in [-0.2, 0) is 29.1 Å². The zero-order chi connectivity index (χ0) is 15.2. The van der Waals surface area contributed by atoms with Gasteiger partial charge in [0.1, 0.15) is 0 Å². The van der Waals surface area contributed by atoms with E-state index >= 15 is 0 Å². The molecule has 0 spiro atoms. The van der Waals surface area contributed by atoms with Crippen LogP contribution >= 0.6 is 0 Å². The molecule has 9 heteroatoms. The first-order chi connectivity index (χ1) is 9.27. The van der Waals surface area contributed by atoms with E-state index in [9.17, 15) is 21.6 Å². The summed E-state index contributed by atoms with van der Waals surface area (Å²) in [4.78, 5) is 9.79. The lowest BCUT2D eigenvalue weighted by Gasteiger charge is -1.96. The average Bonchev–Trinajstić information content (AvgIpc) is 2.75. The van der Waals surface area contributed by atoms with Gasteiger partial charge in [-0.2, -0.15) is 16.8 Å². The molecule has 2 rings (SSSR count). The Morgan fingerprint density at radius 1 is 1.25 bits per heavy atom. The molecule has 1 aromatic carbocycles. The van der Waals surface area contributed by atoms with E-state index in [4.69, 9.17) is 0 Å². The van der Waals surface area contributed by atoms with E-state index in [-0.39, 0.29) is 10.6 Å². The van der Waals surface area contributed by atoms with Gasteiger partial charge >= 0.3 is 0 Å². The Labute approximate surface area is 117 Å². The van der Waals surface area contributed by atoms with Crippen molar-refractivity contribution in [2.24, 2.45) is 4.40 Å². The third-order valence-corrected chi connectivity index (χ3v) is 4.78. The molecule has 110 valence electrons. The van der Waals surface area contributed by atoms with Gasteiger partial charge in [-0.25, -0.2) is 4.79 Å². The van der Waals surface area contributed by atoms with E-state index in [2.05, 4.69) is 8.58 Å². The molecule has 1 heterocycles. The number of sulfonamides is 1. The minimum absolute atomic E-state index is 0.00134. The summed E-state index contributed by atoms with van der Waals surface area (Å²) >= 11 is 0. The van der Waals surface area contributed by atoms with Crippen molar-refractivity contribution in [1.82, 2.24) is 0 Å². The van der Waals surface area contributed by atoms with Crippen LogP contribution in [0.25, 0.3) is 0 Å². The van der Waals surface area contributed by atoms with Crippen LogP contribution in [0.2, 0.25) is 0 Å². The highest BCUT2D eigenvalue weighted by atomic mass is 32.2. The maximum Gasteiger partial charge on any atom is 0.292 e. The second-order valence-electron chi connectivity index (χ2n) is 3.91. The molecular weight excluding hydrogens is 306 g/mol. The molecule has 0 atom stereocenters. The number of nitrogens with zero attached hydrogens (tertiary/aromatic N) is 1. The van der Waals surface area contributed by atoms with Crippen LogP contribution in [-0.4, -0.2) is 35.3 Å². The molecule has 0 aliphatic carbocycles. The highest BCUT2D eigenvalue weighted by molar-refractivity contribution is 7.90. The summed E-state index contributed by atoms with van der Waals surface area (Å²) in [6.07, 6.45) is 1.66. The van der Waals surface area contributed by atoms with Crippen LogP contribution < -0.4 is 0 Å². The number of rotatable bonds is 2. The van der Waals surface area contributed by atoms with Crippen molar-refractivity contribution >= 4 is 26.2 Å². The molecule has 0 bridgehead atoms. The molecule has 0 saturated carbocycles. The van der Waals surface area contributed by atoms with Crippen LogP contribution in [0.5, 0.6) is 0 Å². The van der Waals surface area contributed by atoms with Gasteiger partial charge in [0.15, 0.2) is 0 Å². The van der Waals surface area contributed by atoms with Gasteiger partial charge in [0.25, 0.3) is 26.2 Å². The van der Waals surface area contributed by atoms with Crippen molar-refractivity contribution in [2.45, 2.75) is 18.2 Å². The summed E-state index contributed by atoms with van der Waals surface area (Å²) in [7, 11) is -6.87. The van der Waals surface area contributed by atoms with Gasteiger partial charge in [0, 0.05) is 0 Å². The maximum absolute atomic E-state index is 11.1. The fourth-order valence-electron chi connectivity index (χ4n) is 1.29. The van der Waals surface area contributed by atoms with Crippen LogP contribution in [0, 0.1) is 6.92 Å². The van der Waals surface area contributed by atoms with Gasteiger partial charge in [0.05, 0.1) is 17.3 Å². The first-order valence-electron chi connectivity index (χ1n) is 5.55. The third-order valence-electron chi connectivity index (χ3n) is 2.28. The summed E-state index contributed by atoms with van der Waals surface area (Å²) in [6.45, 7) is 2.21. The molecule has 1 saturated heterocycles. The van der Waals surface area contributed by atoms with Crippen molar-refractivity contribution in [3.63, 3.8) is 0 Å². The lowest BCUT2D eigenvalue weighted by Crippen LogP contribution is -1.96. The summed E-state index contributed by atoms with van der Waals surface area (Å²) in [5, 5.41) is 0. The second-order valence-corrected chi connectivity index (χ2v) is 7.27. The Balaban J connectivity index is 0.000000240. The van der Waals surface area contributed by atoms with Gasteiger partial charge < -0.3 is 0 Å². The van der Waals surface area contributed by atoms with Gasteiger partial charge in [-0.3, -0.25) is 4.18 Å². The molecular formula is C11H13NO6S2. The Morgan fingerprint density at radius 3 is 2.20 bits per heavy atom. The molecule has 1 aliphatic heterocycles. The minimum Gasteiger partial charge on any atom is -0.270 e. The fourth-order valence-corrected chi connectivity index (χ4v) is 2.94. The largest absolute Gasteiger partial charge is 0.292 e. The number of isocyanates is 1. The third kappa shape index (κ3) is 5.22. The van der Waals surface area contributed by atoms with Gasteiger partial charge in [-0.05, 0) is 25.5 Å². The lowest BCUT2D eigenvalue weighted by atomic mass is 10.2. The molecule has 1 aliphatic rings. The van der Waals surface area contributed by atoms with Crippen molar-refractivity contribution in [3.05, 3.63) is 29.8 Å². The summed E-state index contributed by atoms with van der Waals surface area (Å²) in [5.41, 5.74) is 0.939. The quantitative estimate of drug-likeness (QED) is 0.452. The molecule has 7 nitrogen and oxygen atoms in total. The monoisotopic (exact) mass is 319 g/mol. The van der Waals surface area contributed by atoms with E-state index in [0.717, 1.165) is 11.6 Å². The van der Waals surface area contributed by atoms with Crippen LogP contribution in [0.1, 0.15) is 12.0 Å². The second kappa shape index (κ2) is 6.76. The van der Waals surface area contributed by atoms with Crippen LogP contribution in [0.3, 0.4) is 0 Å².